The summed E-state index contributed by atoms with van der Waals surface area (Å²) in [5.41, 5.74) is -0.386. The average Bonchev–Trinajstić information content (AvgIpc) is 2.86. The molecule has 0 aliphatic rings. The molecule has 108 valence electrons. The van der Waals surface area contributed by atoms with Crippen molar-refractivity contribution in [2.24, 2.45) is 0 Å². The lowest BCUT2D eigenvalue weighted by atomic mass is 10.2. The van der Waals surface area contributed by atoms with Crippen molar-refractivity contribution in [2.45, 2.75) is 19.3 Å². The Morgan fingerprint density at radius 3 is 2.75 bits per heavy atom. The lowest BCUT2D eigenvalue weighted by Crippen LogP contribution is -2.27. The second kappa shape index (κ2) is 5.54. The van der Waals surface area contributed by atoms with E-state index in [0.29, 0.717) is 11.4 Å². The Hall–Kier alpha value is -2.02. The largest absolute Gasteiger partial charge is 0.472 e. The Bertz CT molecular complexity index is 580. The van der Waals surface area contributed by atoms with Gasteiger partial charge in [0, 0.05) is 0 Å². The van der Waals surface area contributed by atoms with E-state index in [9.17, 15) is 13.2 Å². The molecule has 0 saturated heterocycles. The number of hydrogen-bond acceptors (Lipinski definition) is 3. The van der Waals surface area contributed by atoms with Crippen LogP contribution in [0.2, 0.25) is 0 Å². The highest BCUT2D eigenvalue weighted by molar-refractivity contribution is 5.37. The highest BCUT2D eigenvalue weighted by atomic mass is 19.4. The topological polar surface area (TPSA) is 39.1 Å². The number of alkyl halides is 3. The molecule has 2 rings (SSSR count). The van der Waals surface area contributed by atoms with Crippen LogP contribution in [-0.4, -0.2) is 23.1 Å². The number of benzene rings is 1. The summed E-state index contributed by atoms with van der Waals surface area (Å²) < 4.78 is 44.7. The molecule has 0 aliphatic heterocycles. The lowest BCUT2D eigenvalue weighted by molar-refractivity contribution is -0.137. The van der Waals surface area contributed by atoms with E-state index < -0.39 is 11.7 Å². The average molecular weight is 285 g/mol. The zero-order chi connectivity index (χ0) is 14.8. The van der Waals surface area contributed by atoms with Crippen LogP contribution in [0.15, 0.2) is 36.7 Å². The summed E-state index contributed by atoms with van der Waals surface area (Å²) in [5, 5.41) is 6.88. The molecule has 0 saturated carbocycles. The second-order valence-electron chi connectivity index (χ2n) is 4.22. The molecule has 2 aromatic rings. The summed E-state index contributed by atoms with van der Waals surface area (Å²) >= 11 is 0. The first kappa shape index (κ1) is 14.4. The van der Waals surface area contributed by atoms with Gasteiger partial charge in [-0.1, -0.05) is 6.07 Å². The van der Waals surface area contributed by atoms with Gasteiger partial charge in [-0.15, -0.1) is 0 Å². The minimum absolute atomic E-state index is 0.214. The van der Waals surface area contributed by atoms with Crippen LogP contribution in [0.3, 0.4) is 0 Å². The lowest BCUT2D eigenvalue weighted by Gasteiger charge is -2.11. The Kier molecular flexibility index (Phi) is 3.99. The van der Waals surface area contributed by atoms with E-state index in [1.54, 1.807) is 13.1 Å². The van der Waals surface area contributed by atoms with Crippen molar-refractivity contribution in [1.29, 1.82) is 0 Å². The smallest absolute Gasteiger partial charge is 0.416 e. The first-order valence-electron chi connectivity index (χ1n) is 5.96. The second-order valence-corrected chi connectivity index (χ2v) is 4.22. The van der Waals surface area contributed by atoms with E-state index in [4.69, 9.17) is 4.74 Å². The minimum atomic E-state index is -4.37. The molecule has 1 heterocycles. The maximum absolute atomic E-state index is 12.6. The number of rotatable bonds is 4. The van der Waals surface area contributed by atoms with E-state index in [2.05, 4.69) is 10.4 Å². The summed E-state index contributed by atoms with van der Waals surface area (Å²) in [6, 6.07) is 4.95. The van der Waals surface area contributed by atoms with Gasteiger partial charge >= 0.3 is 6.18 Å². The van der Waals surface area contributed by atoms with Gasteiger partial charge in [0.15, 0.2) is 5.75 Å². The van der Waals surface area contributed by atoms with Gasteiger partial charge in [0.1, 0.15) is 6.23 Å². The van der Waals surface area contributed by atoms with Crippen molar-refractivity contribution in [3.05, 3.63) is 42.2 Å². The minimum Gasteiger partial charge on any atom is -0.472 e. The molecule has 1 aromatic heterocycles. The Labute approximate surface area is 114 Å². The molecule has 0 fully saturated rings. The van der Waals surface area contributed by atoms with E-state index in [1.165, 1.54) is 23.1 Å². The summed E-state index contributed by atoms with van der Waals surface area (Å²) in [7, 11) is 1.74. The summed E-state index contributed by atoms with van der Waals surface area (Å²) in [6.45, 7) is 1.81. The molecule has 0 radical (unpaired) electrons. The predicted molar refractivity (Wildman–Crippen MR) is 67.7 cm³/mol. The highest BCUT2D eigenvalue weighted by Gasteiger charge is 2.30. The standard InChI is InChI=1S/C13H14F3N3O/c1-9(17-2)20-12-7-18-19(8-12)11-5-3-4-10(6-11)13(14,15)16/h3-9,17H,1-2H3. The van der Waals surface area contributed by atoms with Crippen LogP contribution in [0.1, 0.15) is 12.5 Å². The van der Waals surface area contributed by atoms with Crippen LogP contribution in [-0.2, 0) is 6.18 Å². The number of hydrogen-bond donors (Lipinski definition) is 1. The third-order valence-electron chi connectivity index (χ3n) is 2.72. The molecular formula is C13H14F3N3O. The number of aromatic nitrogens is 2. The molecule has 0 amide bonds. The molecule has 20 heavy (non-hydrogen) atoms. The number of halogens is 3. The van der Waals surface area contributed by atoms with Gasteiger partial charge in [-0.3, -0.25) is 5.32 Å². The van der Waals surface area contributed by atoms with E-state index in [-0.39, 0.29) is 6.23 Å². The van der Waals surface area contributed by atoms with Crippen LogP contribution in [0.5, 0.6) is 5.75 Å². The van der Waals surface area contributed by atoms with Crippen molar-refractivity contribution in [3.63, 3.8) is 0 Å². The number of nitrogens with zero attached hydrogens (tertiary/aromatic N) is 2. The van der Waals surface area contributed by atoms with E-state index in [1.807, 2.05) is 6.92 Å². The van der Waals surface area contributed by atoms with Gasteiger partial charge in [0.2, 0.25) is 0 Å². The third-order valence-corrected chi connectivity index (χ3v) is 2.72. The molecule has 0 bridgehead atoms. The molecular weight excluding hydrogens is 271 g/mol. The fraction of sp³-hybridized carbons (Fsp3) is 0.308. The maximum Gasteiger partial charge on any atom is 0.416 e. The van der Waals surface area contributed by atoms with Crippen molar-refractivity contribution < 1.29 is 17.9 Å². The summed E-state index contributed by atoms with van der Waals surface area (Å²) in [6.07, 6.45) is -1.60. The van der Waals surface area contributed by atoms with Crippen molar-refractivity contribution in [1.82, 2.24) is 15.1 Å². The molecule has 1 unspecified atom stereocenters. The molecule has 1 aromatic carbocycles. The quantitative estimate of drug-likeness (QED) is 0.878. The molecule has 1 atom stereocenters. The molecule has 0 aliphatic carbocycles. The molecule has 1 N–H and O–H groups in total. The summed E-state index contributed by atoms with van der Waals surface area (Å²) in [4.78, 5) is 0. The van der Waals surface area contributed by atoms with Crippen LogP contribution in [0, 0.1) is 0 Å². The van der Waals surface area contributed by atoms with Gasteiger partial charge in [-0.2, -0.15) is 18.3 Å². The molecule has 0 spiro atoms. The van der Waals surface area contributed by atoms with Crippen molar-refractivity contribution in [3.8, 4) is 11.4 Å². The fourth-order valence-corrected chi connectivity index (χ4v) is 1.60. The Morgan fingerprint density at radius 1 is 1.35 bits per heavy atom. The Balaban J connectivity index is 2.24. The van der Waals surface area contributed by atoms with Gasteiger partial charge in [0.25, 0.3) is 0 Å². The highest BCUT2D eigenvalue weighted by Crippen LogP contribution is 2.30. The molecule has 4 nitrogen and oxygen atoms in total. The van der Waals surface area contributed by atoms with Crippen LogP contribution >= 0.6 is 0 Å². The monoisotopic (exact) mass is 285 g/mol. The van der Waals surface area contributed by atoms with Gasteiger partial charge < -0.3 is 4.74 Å². The summed E-state index contributed by atoms with van der Waals surface area (Å²) in [5.74, 6) is 0.476. The zero-order valence-electron chi connectivity index (χ0n) is 11.0. The number of nitrogens with one attached hydrogen (secondary N) is 1. The first-order chi connectivity index (χ1) is 9.40. The zero-order valence-corrected chi connectivity index (χ0v) is 11.0. The van der Waals surface area contributed by atoms with E-state index >= 15 is 0 Å². The van der Waals surface area contributed by atoms with Crippen LogP contribution < -0.4 is 10.1 Å². The van der Waals surface area contributed by atoms with Crippen LogP contribution in [0.4, 0.5) is 13.2 Å². The first-order valence-corrected chi connectivity index (χ1v) is 5.96. The van der Waals surface area contributed by atoms with Gasteiger partial charge in [0.05, 0.1) is 23.6 Å². The van der Waals surface area contributed by atoms with Gasteiger partial charge in [-0.25, -0.2) is 4.68 Å². The fourth-order valence-electron chi connectivity index (χ4n) is 1.60. The van der Waals surface area contributed by atoms with Crippen molar-refractivity contribution >= 4 is 0 Å². The normalized spacial score (nSPS) is 13.2. The van der Waals surface area contributed by atoms with Crippen molar-refractivity contribution in [2.75, 3.05) is 7.05 Å². The predicted octanol–water partition coefficient (Wildman–Crippen LogP) is 2.84. The van der Waals surface area contributed by atoms with Crippen LogP contribution in [0.25, 0.3) is 5.69 Å². The van der Waals surface area contributed by atoms with E-state index in [0.717, 1.165) is 12.1 Å². The maximum atomic E-state index is 12.6. The Morgan fingerprint density at radius 2 is 2.10 bits per heavy atom. The third kappa shape index (κ3) is 3.30. The van der Waals surface area contributed by atoms with Gasteiger partial charge in [-0.05, 0) is 32.2 Å². The SMILES string of the molecule is CNC(C)Oc1cnn(-c2cccc(C(F)(F)F)c2)c1. The number of ether oxygens (including phenoxy) is 1. The molecule has 7 heteroatoms.